The Balaban J connectivity index is 0.00000361. The molecule has 0 aromatic carbocycles. The van der Waals surface area contributed by atoms with Crippen molar-refractivity contribution in [1.29, 1.82) is 0 Å². The van der Waals surface area contributed by atoms with Crippen molar-refractivity contribution in [3.05, 3.63) is 0 Å². The van der Waals surface area contributed by atoms with Crippen LogP contribution < -0.4 is 11.1 Å². The Hall–Kier alpha value is -0.810. The predicted molar refractivity (Wildman–Crippen MR) is 82.6 cm³/mol. The van der Waals surface area contributed by atoms with Crippen LogP contribution in [-0.4, -0.2) is 41.4 Å². The molecule has 2 atom stereocenters. The number of nitrogens with two attached hydrogens (primary N) is 1. The average Bonchev–Trinajstić information content (AvgIpc) is 2.57. The highest BCUT2D eigenvalue weighted by atomic mass is 35.5. The maximum atomic E-state index is 12.2. The molecule has 0 radical (unpaired) electrons. The minimum atomic E-state index is -0.557. The van der Waals surface area contributed by atoms with Gasteiger partial charge in [-0.05, 0) is 32.1 Å². The fourth-order valence-electron chi connectivity index (χ4n) is 2.70. The van der Waals surface area contributed by atoms with Crippen LogP contribution in [0.4, 0.5) is 0 Å². The third-order valence-corrected chi connectivity index (χ3v) is 3.81. The summed E-state index contributed by atoms with van der Waals surface area (Å²) in [7, 11) is 0. The topological polar surface area (TPSA) is 75.4 Å². The lowest BCUT2D eigenvalue weighted by atomic mass is 9.97. The van der Waals surface area contributed by atoms with Crippen LogP contribution in [0, 0.1) is 11.8 Å². The first-order valence-corrected chi connectivity index (χ1v) is 6.99. The molecular formula is C14H28ClN3O2. The lowest BCUT2D eigenvalue weighted by Crippen LogP contribution is -2.50. The quantitative estimate of drug-likeness (QED) is 0.818. The summed E-state index contributed by atoms with van der Waals surface area (Å²) in [5.41, 5.74) is 5.61. The SMILES string of the molecule is CC1CN(C(=O)CNC(=O)[C@@H](N)C(C)C)C(C)(C)C1.Cl. The van der Waals surface area contributed by atoms with Crippen molar-refractivity contribution in [2.24, 2.45) is 17.6 Å². The molecule has 1 fully saturated rings. The minimum absolute atomic E-state index is 0. The zero-order valence-corrected chi connectivity index (χ0v) is 13.9. The molecule has 20 heavy (non-hydrogen) atoms. The molecule has 0 aromatic heterocycles. The Kier molecular flexibility index (Phi) is 6.98. The molecule has 0 aliphatic carbocycles. The van der Waals surface area contributed by atoms with E-state index in [4.69, 9.17) is 5.73 Å². The van der Waals surface area contributed by atoms with Crippen molar-refractivity contribution < 1.29 is 9.59 Å². The molecule has 3 N–H and O–H groups in total. The second-order valence-corrected chi connectivity index (χ2v) is 6.61. The summed E-state index contributed by atoms with van der Waals surface area (Å²) in [5.74, 6) is 0.290. The number of nitrogens with zero attached hydrogens (tertiary/aromatic N) is 1. The molecule has 0 aromatic rings. The van der Waals surface area contributed by atoms with Gasteiger partial charge >= 0.3 is 0 Å². The van der Waals surface area contributed by atoms with Crippen LogP contribution in [0.25, 0.3) is 0 Å². The fraction of sp³-hybridized carbons (Fsp3) is 0.857. The van der Waals surface area contributed by atoms with E-state index in [2.05, 4.69) is 26.1 Å². The van der Waals surface area contributed by atoms with Crippen molar-refractivity contribution in [1.82, 2.24) is 10.2 Å². The van der Waals surface area contributed by atoms with E-state index in [1.807, 2.05) is 18.7 Å². The highest BCUT2D eigenvalue weighted by Crippen LogP contribution is 2.31. The fourth-order valence-corrected chi connectivity index (χ4v) is 2.70. The first-order valence-electron chi connectivity index (χ1n) is 6.99. The van der Waals surface area contributed by atoms with E-state index in [1.165, 1.54) is 0 Å². The summed E-state index contributed by atoms with van der Waals surface area (Å²) in [5, 5.41) is 2.64. The van der Waals surface area contributed by atoms with E-state index < -0.39 is 6.04 Å². The van der Waals surface area contributed by atoms with Crippen molar-refractivity contribution in [3.8, 4) is 0 Å². The standard InChI is InChI=1S/C14H27N3O2.ClH/c1-9(2)12(15)13(19)16-7-11(18)17-8-10(3)6-14(17,4)5;/h9-10,12H,6-8,15H2,1-5H3,(H,16,19);1H/t10?,12-;/m0./s1. The molecule has 0 saturated carbocycles. The lowest BCUT2D eigenvalue weighted by molar-refractivity contribution is -0.136. The van der Waals surface area contributed by atoms with E-state index in [0.29, 0.717) is 5.92 Å². The Labute approximate surface area is 128 Å². The molecular weight excluding hydrogens is 278 g/mol. The second-order valence-electron chi connectivity index (χ2n) is 6.61. The third kappa shape index (κ3) is 4.63. The largest absolute Gasteiger partial charge is 0.346 e. The van der Waals surface area contributed by atoms with Gasteiger partial charge in [0.25, 0.3) is 0 Å². The van der Waals surface area contributed by atoms with Crippen molar-refractivity contribution in [2.75, 3.05) is 13.1 Å². The smallest absolute Gasteiger partial charge is 0.242 e. The summed E-state index contributed by atoms with van der Waals surface area (Å²) in [4.78, 5) is 25.8. The summed E-state index contributed by atoms with van der Waals surface area (Å²) >= 11 is 0. The van der Waals surface area contributed by atoms with Gasteiger partial charge in [-0.2, -0.15) is 0 Å². The molecule has 5 nitrogen and oxygen atoms in total. The van der Waals surface area contributed by atoms with Gasteiger partial charge in [0.2, 0.25) is 11.8 Å². The minimum Gasteiger partial charge on any atom is -0.346 e. The van der Waals surface area contributed by atoms with Gasteiger partial charge in [-0.15, -0.1) is 12.4 Å². The molecule has 1 aliphatic heterocycles. The van der Waals surface area contributed by atoms with Gasteiger partial charge in [0.1, 0.15) is 0 Å². The molecule has 1 rings (SSSR count). The highest BCUT2D eigenvalue weighted by molar-refractivity contribution is 5.87. The van der Waals surface area contributed by atoms with Crippen molar-refractivity contribution >= 4 is 24.2 Å². The number of amides is 2. The molecule has 1 heterocycles. The van der Waals surface area contributed by atoms with Crippen molar-refractivity contribution in [3.63, 3.8) is 0 Å². The first kappa shape index (κ1) is 19.2. The number of halogens is 1. The van der Waals surface area contributed by atoms with Crippen LogP contribution in [0.2, 0.25) is 0 Å². The summed E-state index contributed by atoms with van der Waals surface area (Å²) < 4.78 is 0. The Morgan fingerprint density at radius 2 is 1.95 bits per heavy atom. The van der Waals surface area contributed by atoms with Gasteiger partial charge in [-0.25, -0.2) is 0 Å². The predicted octanol–water partition coefficient (Wildman–Crippen LogP) is 1.15. The third-order valence-electron chi connectivity index (χ3n) is 3.81. The van der Waals surface area contributed by atoms with E-state index in [1.54, 1.807) is 0 Å². The molecule has 2 amide bonds. The van der Waals surface area contributed by atoms with E-state index >= 15 is 0 Å². The molecule has 118 valence electrons. The number of rotatable bonds is 4. The van der Waals surface area contributed by atoms with Gasteiger partial charge in [-0.3, -0.25) is 9.59 Å². The molecule has 1 saturated heterocycles. The lowest BCUT2D eigenvalue weighted by Gasteiger charge is -2.31. The molecule has 6 heteroatoms. The van der Waals surface area contributed by atoms with Gasteiger partial charge in [0.15, 0.2) is 0 Å². The first-order chi connectivity index (χ1) is 8.65. The highest BCUT2D eigenvalue weighted by Gasteiger charge is 2.39. The number of hydrogen-bond acceptors (Lipinski definition) is 3. The summed E-state index contributed by atoms with van der Waals surface area (Å²) in [6, 6.07) is -0.557. The number of carbonyl (C=O) groups is 2. The zero-order chi connectivity index (χ0) is 14.8. The second kappa shape index (κ2) is 7.27. The molecule has 0 spiro atoms. The van der Waals surface area contributed by atoms with Gasteiger partial charge in [0.05, 0.1) is 12.6 Å². The van der Waals surface area contributed by atoms with Crippen LogP contribution in [0.15, 0.2) is 0 Å². The van der Waals surface area contributed by atoms with E-state index in [0.717, 1.165) is 13.0 Å². The monoisotopic (exact) mass is 305 g/mol. The van der Waals surface area contributed by atoms with Crippen LogP contribution in [0.1, 0.15) is 41.0 Å². The molecule has 1 unspecified atom stereocenters. The Morgan fingerprint density at radius 1 is 1.40 bits per heavy atom. The normalized spacial score (nSPS) is 22.4. The average molecular weight is 306 g/mol. The van der Waals surface area contributed by atoms with Crippen LogP contribution in [0.5, 0.6) is 0 Å². The summed E-state index contributed by atoms with van der Waals surface area (Å²) in [6.07, 6.45) is 0.998. The number of hydrogen-bond donors (Lipinski definition) is 2. The van der Waals surface area contributed by atoms with Gasteiger partial charge in [-0.1, -0.05) is 20.8 Å². The van der Waals surface area contributed by atoms with Crippen molar-refractivity contribution in [2.45, 2.75) is 52.6 Å². The van der Waals surface area contributed by atoms with E-state index in [-0.39, 0.29) is 42.2 Å². The molecule has 0 bridgehead atoms. The van der Waals surface area contributed by atoms with Crippen LogP contribution in [-0.2, 0) is 9.59 Å². The number of nitrogens with one attached hydrogen (secondary N) is 1. The Bertz CT molecular complexity index is 358. The zero-order valence-electron chi connectivity index (χ0n) is 13.1. The summed E-state index contributed by atoms with van der Waals surface area (Å²) in [6.45, 7) is 10.8. The number of carbonyl (C=O) groups excluding carboxylic acids is 2. The molecule has 1 aliphatic rings. The maximum absolute atomic E-state index is 12.2. The van der Waals surface area contributed by atoms with Crippen LogP contribution >= 0.6 is 12.4 Å². The maximum Gasteiger partial charge on any atom is 0.242 e. The van der Waals surface area contributed by atoms with Gasteiger partial charge < -0.3 is 16.0 Å². The van der Waals surface area contributed by atoms with E-state index in [9.17, 15) is 9.59 Å². The van der Waals surface area contributed by atoms with Crippen LogP contribution in [0.3, 0.4) is 0 Å². The Morgan fingerprint density at radius 3 is 2.35 bits per heavy atom. The van der Waals surface area contributed by atoms with Gasteiger partial charge in [0, 0.05) is 12.1 Å². The number of likely N-dealkylation sites (tertiary alicyclic amines) is 1.